The Balaban J connectivity index is 1.85. The molecular formula is C16H25N3O. The van der Waals surface area contributed by atoms with Crippen LogP contribution in [-0.2, 0) is 0 Å². The van der Waals surface area contributed by atoms with Gasteiger partial charge in [0.1, 0.15) is 5.69 Å². The van der Waals surface area contributed by atoms with Gasteiger partial charge in [0.15, 0.2) is 0 Å². The van der Waals surface area contributed by atoms with Gasteiger partial charge in [0.2, 0.25) is 0 Å². The van der Waals surface area contributed by atoms with E-state index in [1.807, 2.05) is 12.1 Å². The van der Waals surface area contributed by atoms with Crippen molar-refractivity contribution in [2.24, 2.45) is 0 Å². The lowest BCUT2D eigenvalue weighted by Gasteiger charge is -2.12. The van der Waals surface area contributed by atoms with Crippen LogP contribution in [0.2, 0.25) is 0 Å². The van der Waals surface area contributed by atoms with Crippen LogP contribution in [0.1, 0.15) is 62.4 Å². The number of nitrogens with one attached hydrogen (secondary N) is 2. The molecule has 2 N–H and O–H groups in total. The number of aromatic nitrogens is 1. The largest absolute Gasteiger partial charge is 0.385 e. The summed E-state index contributed by atoms with van der Waals surface area (Å²) < 4.78 is 0. The first-order valence-corrected chi connectivity index (χ1v) is 7.80. The zero-order valence-corrected chi connectivity index (χ0v) is 12.3. The summed E-state index contributed by atoms with van der Waals surface area (Å²) in [5, 5.41) is 6.42. The molecule has 1 fully saturated rings. The Labute approximate surface area is 121 Å². The van der Waals surface area contributed by atoms with E-state index in [9.17, 15) is 4.79 Å². The molecule has 20 heavy (non-hydrogen) atoms. The van der Waals surface area contributed by atoms with Crippen LogP contribution >= 0.6 is 0 Å². The highest BCUT2D eigenvalue weighted by Crippen LogP contribution is 2.18. The van der Waals surface area contributed by atoms with Gasteiger partial charge in [-0.2, -0.15) is 0 Å². The summed E-state index contributed by atoms with van der Waals surface area (Å²) in [7, 11) is 0. The molecule has 4 nitrogen and oxygen atoms in total. The van der Waals surface area contributed by atoms with E-state index in [0.717, 1.165) is 31.5 Å². The van der Waals surface area contributed by atoms with E-state index in [0.29, 0.717) is 11.7 Å². The topological polar surface area (TPSA) is 54.0 Å². The number of carbonyl (C=O) groups excluding carboxylic acids is 1. The van der Waals surface area contributed by atoms with Crippen molar-refractivity contribution in [3.8, 4) is 0 Å². The first-order valence-electron chi connectivity index (χ1n) is 7.80. The molecule has 0 atom stereocenters. The normalized spacial score (nSPS) is 15.2. The van der Waals surface area contributed by atoms with Crippen LogP contribution in [0.3, 0.4) is 0 Å². The third-order valence-corrected chi connectivity index (χ3v) is 3.79. The quantitative estimate of drug-likeness (QED) is 0.750. The van der Waals surface area contributed by atoms with Gasteiger partial charge in [-0.15, -0.1) is 0 Å². The van der Waals surface area contributed by atoms with E-state index >= 15 is 0 Å². The van der Waals surface area contributed by atoms with E-state index in [1.165, 1.54) is 25.7 Å². The number of pyridine rings is 1. The van der Waals surface area contributed by atoms with Crippen molar-refractivity contribution < 1.29 is 4.79 Å². The minimum atomic E-state index is -0.0471. The minimum absolute atomic E-state index is 0.0471. The molecule has 0 spiro atoms. The highest BCUT2D eigenvalue weighted by molar-refractivity contribution is 5.93. The van der Waals surface area contributed by atoms with E-state index < -0.39 is 0 Å². The number of hydrogen-bond acceptors (Lipinski definition) is 3. The lowest BCUT2D eigenvalue weighted by molar-refractivity contribution is 0.0933. The zero-order valence-electron chi connectivity index (χ0n) is 12.3. The molecule has 1 aromatic heterocycles. The predicted molar refractivity (Wildman–Crippen MR) is 82.0 cm³/mol. The van der Waals surface area contributed by atoms with Crippen molar-refractivity contribution in [3.63, 3.8) is 0 Å². The van der Waals surface area contributed by atoms with Crippen molar-refractivity contribution in [2.45, 2.75) is 57.9 Å². The fourth-order valence-corrected chi connectivity index (χ4v) is 2.60. The lowest BCUT2D eigenvalue weighted by Crippen LogP contribution is -2.33. The molecule has 0 saturated heterocycles. The van der Waals surface area contributed by atoms with Crippen LogP contribution in [0.4, 0.5) is 5.69 Å². The van der Waals surface area contributed by atoms with E-state index in [2.05, 4.69) is 22.5 Å². The van der Waals surface area contributed by atoms with Gasteiger partial charge in [0.25, 0.3) is 5.91 Å². The van der Waals surface area contributed by atoms with Crippen molar-refractivity contribution in [3.05, 3.63) is 24.0 Å². The molecule has 1 amide bonds. The van der Waals surface area contributed by atoms with Gasteiger partial charge in [-0.25, -0.2) is 0 Å². The van der Waals surface area contributed by atoms with Crippen molar-refractivity contribution in [2.75, 3.05) is 11.9 Å². The van der Waals surface area contributed by atoms with E-state index in [1.54, 1.807) is 6.20 Å². The maximum absolute atomic E-state index is 12.1. The molecule has 110 valence electrons. The molecule has 1 heterocycles. The number of anilines is 1. The fraction of sp³-hybridized carbons (Fsp3) is 0.625. The van der Waals surface area contributed by atoms with Crippen LogP contribution in [-0.4, -0.2) is 23.5 Å². The molecule has 0 bridgehead atoms. The average Bonchev–Trinajstić information content (AvgIpc) is 2.97. The Hall–Kier alpha value is -1.58. The van der Waals surface area contributed by atoms with Gasteiger partial charge in [-0.1, -0.05) is 32.6 Å². The van der Waals surface area contributed by atoms with Crippen LogP contribution < -0.4 is 10.6 Å². The smallest absolute Gasteiger partial charge is 0.270 e. The molecule has 0 unspecified atom stereocenters. The van der Waals surface area contributed by atoms with Crippen LogP contribution in [0.15, 0.2) is 18.3 Å². The first-order chi connectivity index (χ1) is 9.79. The highest BCUT2D eigenvalue weighted by Gasteiger charge is 2.18. The van der Waals surface area contributed by atoms with Crippen LogP contribution in [0.25, 0.3) is 0 Å². The second-order valence-corrected chi connectivity index (χ2v) is 5.52. The first kappa shape index (κ1) is 14.8. The standard InChI is InChI=1S/C16H25N3O/c1-2-3-6-10-17-14-9-11-18-15(12-14)16(20)19-13-7-4-5-8-13/h9,11-13H,2-8,10H2,1H3,(H,17,18)(H,19,20). The Bertz CT molecular complexity index is 427. The molecule has 4 heteroatoms. The number of hydrogen-bond donors (Lipinski definition) is 2. The fourth-order valence-electron chi connectivity index (χ4n) is 2.60. The van der Waals surface area contributed by atoms with Gasteiger partial charge in [-0.05, 0) is 31.4 Å². The maximum Gasteiger partial charge on any atom is 0.270 e. The number of nitrogens with zero attached hydrogens (tertiary/aromatic N) is 1. The molecule has 2 rings (SSSR count). The summed E-state index contributed by atoms with van der Waals surface area (Å²) in [6, 6.07) is 4.10. The minimum Gasteiger partial charge on any atom is -0.385 e. The SMILES string of the molecule is CCCCCNc1ccnc(C(=O)NC2CCCC2)c1. The van der Waals surface area contributed by atoms with Gasteiger partial charge in [0, 0.05) is 24.5 Å². The molecule has 1 aliphatic rings. The summed E-state index contributed by atoms with van der Waals surface area (Å²) >= 11 is 0. The van der Waals surface area contributed by atoms with Crippen molar-refractivity contribution >= 4 is 11.6 Å². The summed E-state index contributed by atoms with van der Waals surface area (Å²) in [5.41, 5.74) is 1.49. The van der Waals surface area contributed by atoms with Gasteiger partial charge in [0.05, 0.1) is 0 Å². The van der Waals surface area contributed by atoms with Crippen LogP contribution in [0, 0.1) is 0 Å². The Morgan fingerprint density at radius 1 is 1.35 bits per heavy atom. The molecule has 1 aromatic rings. The molecular weight excluding hydrogens is 250 g/mol. The predicted octanol–water partition coefficient (Wildman–Crippen LogP) is 3.36. The van der Waals surface area contributed by atoms with Crippen LogP contribution in [0.5, 0.6) is 0 Å². The molecule has 0 radical (unpaired) electrons. The Morgan fingerprint density at radius 2 is 2.15 bits per heavy atom. The summed E-state index contributed by atoms with van der Waals surface area (Å²) in [6.07, 6.45) is 9.94. The molecule has 0 aromatic carbocycles. The number of rotatable bonds is 7. The Kier molecular flexibility index (Phi) is 5.84. The van der Waals surface area contributed by atoms with Gasteiger partial charge >= 0.3 is 0 Å². The van der Waals surface area contributed by atoms with E-state index in [4.69, 9.17) is 0 Å². The maximum atomic E-state index is 12.1. The Morgan fingerprint density at radius 3 is 2.90 bits per heavy atom. The van der Waals surface area contributed by atoms with Crippen molar-refractivity contribution in [1.82, 2.24) is 10.3 Å². The second kappa shape index (κ2) is 7.88. The number of amides is 1. The molecule has 0 aliphatic heterocycles. The summed E-state index contributed by atoms with van der Waals surface area (Å²) in [4.78, 5) is 16.3. The lowest BCUT2D eigenvalue weighted by atomic mass is 10.2. The third kappa shape index (κ3) is 4.51. The summed E-state index contributed by atoms with van der Waals surface area (Å²) in [6.45, 7) is 3.14. The molecule has 1 saturated carbocycles. The highest BCUT2D eigenvalue weighted by atomic mass is 16.1. The van der Waals surface area contributed by atoms with Gasteiger partial charge < -0.3 is 10.6 Å². The molecule has 1 aliphatic carbocycles. The monoisotopic (exact) mass is 275 g/mol. The summed E-state index contributed by atoms with van der Waals surface area (Å²) in [5.74, 6) is -0.0471. The third-order valence-electron chi connectivity index (χ3n) is 3.79. The van der Waals surface area contributed by atoms with E-state index in [-0.39, 0.29) is 5.91 Å². The number of unbranched alkanes of at least 4 members (excludes halogenated alkanes) is 2. The average molecular weight is 275 g/mol. The number of carbonyl (C=O) groups is 1. The zero-order chi connectivity index (χ0) is 14.2. The van der Waals surface area contributed by atoms with Gasteiger partial charge in [-0.3, -0.25) is 9.78 Å². The van der Waals surface area contributed by atoms with Crippen molar-refractivity contribution in [1.29, 1.82) is 0 Å². The second-order valence-electron chi connectivity index (χ2n) is 5.52.